The molecular weight excluding hydrogens is 501 g/mol. The number of rotatable bonds is 7. The van der Waals surface area contributed by atoms with E-state index in [0.717, 1.165) is 77.6 Å². The molecule has 2 aliphatic heterocycles. The molecule has 2 aliphatic rings. The minimum absolute atomic E-state index is 0. The van der Waals surface area contributed by atoms with E-state index in [9.17, 15) is 4.79 Å². The van der Waals surface area contributed by atoms with E-state index in [-0.39, 0.29) is 29.4 Å². The van der Waals surface area contributed by atoms with E-state index >= 15 is 0 Å². The summed E-state index contributed by atoms with van der Waals surface area (Å²) in [5.41, 5.74) is 1.46. The Bertz CT molecular complexity index is 695. The molecule has 7 heteroatoms. The Kier molecular flexibility index (Phi) is 10.6. The summed E-state index contributed by atoms with van der Waals surface area (Å²) in [5.74, 6) is 1.30. The molecule has 1 aromatic carbocycles. The van der Waals surface area contributed by atoms with Gasteiger partial charge in [0.05, 0.1) is 6.54 Å². The first kappa shape index (κ1) is 25.9. The van der Waals surface area contributed by atoms with Crippen LogP contribution < -0.4 is 5.32 Å². The molecule has 0 aromatic heterocycles. The highest BCUT2D eigenvalue weighted by Gasteiger charge is 2.25. The molecule has 2 heterocycles. The van der Waals surface area contributed by atoms with Crippen molar-refractivity contribution >= 4 is 35.8 Å². The Labute approximate surface area is 205 Å². The van der Waals surface area contributed by atoms with Gasteiger partial charge in [0.25, 0.3) is 0 Å². The lowest BCUT2D eigenvalue weighted by molar-refractivity contribution is -0.131. The van der Waals surface area contributed by atoms with Crippen LogP contribution in [0, 0.1) is 5.41 Å². The maximum atomic E-state index is 12.4. The summed E-state index contributed by atoms with van der Waals surface area (Å²) in [4.78, 5) is 24.1. The lowest BCUT2D eigenvalue weighted by Gasteiger charge is -2.37. The zero-order chi connectivity index (χ0) is 21.4. The number of amides is 1. The second-order valence-electron chi connectivity index (χ2n) is 9.35. The van der Waals surface area contributed by atoms with Crippen molar-refractivity contribution in [3.63, 3.8) is 0 Å². The van der Waals surface area contributed by atoms with Crippen molar-refractivity contribution in [1.29, 1.82) is 0 Å². The van der Waals surface area contributed by atoms with Crippen LogP contribution in [-0.4, -0.2) is 85.5 Å². The minimum atomic E-state index is 0. The fourth-order valence-electron chi connectivity index (χ4n) is 4.29. The van der Waals surface area contributed by atoms with Crippen LogP contribution in [-0.2, 0) is 11.2 Å². The van der Waals surface area contributed by atoms with Gasteiger partial charge < -0.3 is 15.1 Å². The van der Waals surface area contributed by atoms with Gasteiger partial charge in [-0.2, -0.15) is 0 Å². The van der Waals surface area contributed by atoms with Gasteiger partial charge in [-0.3, -0.25) is 14.7 Å². The molecular formula is C24H40IN5O. The van der Waals surface area contributed by atoms with E-state index in [4.69, 9.17) is 4.99 Å². The minimum Gasteiger partial charge on any atom is -0.357 e. The SMILES string of the molecule is CCNC(=NCC(C)(C)Cc1ccccc1)N1CCN(CC(=O)N2CCCC2)CC1.I. The second kappa shape index (κ2) is 12.6. The Morgan fingerprint density at radius 2 is 1.65 bits per heavy atom. The van der Waals surface area contributed by atoms with Gasteiger partial charge in [-0.05, 0) is 37.2 Å². The second-order valence-corrected chi connectivity index (χ2v) is 9.35. The molecule has 31 heavy (non-hydrogen) atoms. The number of nitrogens with one attached hydrogen (secondary N) is 1. The number of piperazine rings is 1. The highest BCUT2D eigenvalue weighted by atomic mass is 127. The normalized spacial score (nSPS) is 18.1. The quantitative estimate of drug-likeness (QED) is 0.328. The monoisotopic (exact) mass is 541 g/mol. The van der Waals surface area contributed by atoms with Crippen molar-refractivity contribution < 1.29 is 4.79 Å². The van der Waals surface area contributed by atoms with E-state index < -0.39 is 0 Å². The first-order valence-electron chi connectivity index (χ1n) is 11.5. The van der Waals surface area contributed by atoms with Crippen LogP contribution in [0.15, 0.2) is 35.3 Å². The zero-order valence-electron chi connectivity index (χ0n) is 19.5. The van der Waals surface area contributed by atoms with Gasteiger partial charge in [-0.1, -0.05) is 44.2 Å². The molecule has 0 radical (unpaired) electrons. The standard InChI is InChI=1S/C24H39N5O.HI/c1-4-25-23(26-20-24(2,3)18-21-10-6-5-7-11-21)29-16-14-27(15-17-29)19-22(30)28-12-8-9-13-28;/h5-7,10-11H,4,8-9,12-20H2,1-3H3,(H,25,26);1H. The Morgan fingerprint density at radius 1 is 1.00 bits per heavy atom. The number of likely N-dealkylation sites (tertiary alicyclic amines) is 1. The molecule has 1 N–H and O–H groups in total. The van der Waals surface area contributed by atoms with Crippen molar-refractivity contribution in [2.75, 3.05) is 58.9 Å². The van der Waals surface area contributed by atoms with Crippen LogP contribution in [0.2, 0.25) is 0 Å². The molecule has 2 saturated heterocycles. The van der Waals surface area contributed by atoms with Crippen molar-refractivity contribution in [3.8, 4) is 0 Å². The molecule has 2 fully saturated rings. The number of benzene rings is 1. The molecule has 3 rings (SSSR count). The third-order valence-electron chi connectivity index (χ3n) is 6.01. The molecule has 0 saturated carbocycles. The number of guanidine groups is 1. The summed E-state index contributed by atoms with van der Waals surface area (Å²) in [6.07, 6.45) is 3.33. The summed E-state index contributed by atoms with van der Waals surface area (Å²) >= 11 is 0. The third-order valence-corrected chi connectivity index (χ3v) is 6.01. The predicted octanol–water partition coefficient (Wildman–Crippen LogP) is 3.08. The van der Waals surface area contributed by atoms with E-state index in [1.165, 1.54) is 5.56 Å². The smallest absolute Gasteiger partial charge is 0.236 e. The lowest BCUT2D eigenvalue weighted by Crippen LogP contribution is -2.54. The van der Waals surface area contributed by atoms with Crippen molar-refractivity contribution in [1.82, 2.24) is 20.0 Å². The van der Waals surface area contributed by atoms with Crippen molar-refractivity contribution in [2.45, 2.75) is 40.0 Å². The van der Waals surface area contributed by atoms with Crippen LogP contribution >= 0.6 is 24.0 Å². The van der Waals surface area contributed by atoms with E-state index in [0.29, 0.717) is 12.5 Å². The Balaban J connectivity index is 0.00000341. The van der Waals surface area contributed by atoms with Crippen LogP contribution in [0.5, 0.6) is 0 Å². The average molecular weight is 542 g/mol. The molecule has 0 unspecified atom stereocenters. The maximum Gasteiger partial charge on any atom is 0.236 e. The first-order valence-corrected chi connectivity index (χ1v) is 11.5. The molecule has 1 amide bonds. The van der Waals surface area contributed by atoms with Gasteiger partial charge in [0.1, 0.15) is 0 Å². The summed E-state index contributed by atoms with van der Waals surface area (Å²) in [7, 11) is 0. The van der Waals surface area contributed by atoms with E-state index in [2.05, 4.69) is 66.2 Å². The number of hydrogen-bond donors (Lipinski definition) is 1. The van der Waals surface area contributed by atoms with Gasteiger partial charge in [-0.15, -0.1) is 24.0 Å². The van der Waals surface area contributed by atoms with Crippen LogP contribution in [0.3, 0.4) is 0 Å². The predicted molar refractivity (Wildman–Crippen MR) is 139 cm³/mol. The Hall–Kier alpha value is -1.35. The topological polar surface area (TPSA) is 51.2 Å². The zero-order valence-corrected chi connectivity index (χ0v) is 21.8. The highest BCUT2D eigenvalue weighted by molar-refractivity contribution is 14.0. The number of carbonyl (C=O) groups is 1. The highest BCUT2D eigenvalue weighted by Crippen LogP contribution is 2.22. The molecule has 1 aromatic rings. The molecule has 6 nitrogen and oxygen atoms in total. The van der Waals surface area contributed by atoms with E-state index in [1.807, 2.05) is 4.90 Å². The number of carbonyl (C=O) groups excluding carboxylic acids is 1. The number of halogens is 1. The molecule has 0 atom stereocenters. The van der Waals surface area contributed by atoms with E-state index in [1.54, 1.807) is 0 Å². The van der Waals surface area contributed by atoms with Gasteiger partial charge in [-0.25, -0.2) is 0 Å². The lowest BCUT2D eigenvalue weighted by atomic mass is 9.86. The number of aliphatic imine (C=N–C) groups is 1. The fourth-order valence-corrected chi connectivity index (χ4v) is 4.29. The largest absolute Gasteiger partial charge is 0.357 e. The maximum absolute atomic E-state index is 12.4. The van der Waals surface area contributed by atoms with Crippen LogP contribution in [0.4, 0.5) is 0 Å². The number of nitrogens with zero attached hydrogens (tertiary/aromatic N) is 4. The summed E-state index contributed by atoms with van der Waals surface area (Å²) in [6, 6.07) is 10.7. The molecule has 0 bridgehead atoms. The van der Waals surface area contributed by atoms with Crippen molar-refractivity contribution in [2.24, 2.45) is 10.4 Å². The first-order chi connectivity index (χ1) is 14.5. The van der Waals surface area contributed by atoms with Gasteiger partial charge in [0, 0.05) is 52.4 Å². The van der Waals surface area contributed by atoms with Gasteiger partial charge in [0.2, 0.25) is 5.91 Å². The third kappa shape index (κ3) is 8.25. The van der Waals surface area contributed by atoms with Gasteiger partial charge >= 0.3 is 0 Å². The van der Waals surface area contributed by atoms with Crippen LogP contribution in [0.25, 0.3) is 0 Å². The Morgan fingerprint density at radius 3 is 2.26 bits per heavy atom. The molecule has 174 valence electrons. The fraction of sp³-hybridized carbons (Fsp3) is 0.667. The number of hydrogen-bond acceptors (Lipinski definition) is 3. The summed E-state index contributed by atoms with van der Waals surface area (Å²) in [5, 5.41) is 3.47. The van der Waals surface area contributed by atoms with Crippen LogP contribution in [0.1, 0.15) is 39.2 Å². The summed E-state index contributed by atoms with van der Waals surface area (Å²) in [6.45, 7) is 14.4. The summed E-state index contributed by atoms with van der Waals surface area (Å²) < 4.78 is 0. The molecule has 0 spiro atoms. The van der Waals surface area contributed by atoms with Gasteiger partial charge in [0.15, 0.2) is 5.96 Å². The van der Waals surface area contributed by atoms with Crippen molar-refractivity contribution in [3.05, 3.63) is 35.9 Å². The average Bonchev–Trinajstić information content (AvgIpc) is 3.27. The molecule has 0 aliphatic carbocycles.